The molecule has 0 amide bonds. The highest BCUT2D eigenvalue weighted by Gasteiger charge is 2.50. The molecule has 2 N–H and O–H groups in total. The molecule has 0 radical (unpaired) electrons. The largest absolute Gasteiger partial charge is 0.445 e. The van der Waals surface area contributed by atoms with Crippen LogP contribution in [0, 0.1) is 0 Å². The second kappa shape index (κ2) is 4.51. The number of halogens is 2. The molecule has 1 aliphatic carbocycles. The Kier molecular flexibility index (Phi) is 2.89. The first-order chi connectivity index (χ1) is 10.5. The van der Waals surface area contributed by atoms with Crippen molar-refractivity contribution >= 4 is 40.1 Å². The predicted molar refractivity (Wildman–Crippen MR) is 86.4 cm³/mol. The van der Waals surface area contributed by atoms with E-state index in [2.05, 4.69) is 10.3 Å². The van der Waals surface area contributed by atoms with Crippen molar-refractivity contribution in [2.45, 2.75) is 25.0 Å². The lowest BCUT2D eigenvalue weighted by atomic mass is 9.76. The Bertz CT molecular complexity index is 855. The van der Waals surface area contributed by atoms with Crippen LogP contribution in [-0.4, -0.2) is 24.0 Å². The molecule has 2 unspecified atom stereocenters. The fraction of sp³-hybridized carbons (Fsp3) is 0.312. The van der Waals surface area contributed by atoms with Crippen LogP contribution in [0.5, 0.6) is 0 Å². The number of carbonyl (C=O) groups is 1. The summed E-state index contributed by atoms with van der Waals surface area (Å²) in [6.07, 6.45) is 2.56. The molecule has 4 nitrogen and oxygen atoms in total. The number of aromatic nitrogens is 1. The second-order valence-electron chi connectivity index (χ2n) is 5.82. The van der Waals surface area contributed by atoms with Gasteiger partial charge < -0.3 is 15.0 Å². The molecule has 4 rings (SSSR count). The molecule has 1 aromatic heterocycles. The van der Waals surface area contributed by atoms with Crippen molar-refractivity contribution in [1.82, 2.24) is 10.3 Å². The van der Waals surface area contributed by atoms with Gasteiger partial charge in [-0.15, -0.1) is 0 Å². The zero-order chi connectivity index (χ0) is 15.6. The number of likely N-dealkylation sites (N-methyl/N-ethyl adjacent to an activating group) is 1. The zero-order valence-electron chi connectivity index (χ0n) is 12.1. The number of aromatic amines is 1. The number of benzene rings is 1. The van der Waals surface area contributed by atoms with Crippen molar-refractivity contribution in [2.24, 2.45) is 0 Å². The highest BCUT2D eigenvalue weighted by atomic mass is 35.5. The Labute approximate surface area is 137 Å². The van der Waals surface area contributed by atoms with Gasteiger partial charge in [-0.3, -0.25) is 0 Å². The Morgan fingerprint density at radius 2 is 2.18 bits per heavy atom. The van der Waals surface area contributed by atoms with Gasteiger partial charge >= 0.3 is 5.97 Å². The molecule has 2 heterocycles. The maximum atomic E-state index is 12.0. The van der Waals surface area contributed by atoms with Crippen LogP contribution in [0.25, 0.3) is 10.9 Å². The van der Waals surface area contributed by atoms with Gasteiger partial charge in [-0.05, 0) is 38.1 Å². The maximum absolute atomic E-state index is 12.0. The van der Waals surface area contributed by atoms with E-state index in [4.69, 9.17) is 27.9 Å². The third-order valence-corrected chi connectivity index (χ3v) is 5.30. The van der Waals surface area contributed by atoms with Crippen LogP contribution in [0.3, 0.4) is 0 Å². The monoisotopic (exact) mass is 336 g/mol. The van der Waals surface area contributed by atoms with E-state index in [1.165, 1.54) is 0 Å². The van der Waals surface area contributed by atoms with Gasteiger partial charge in [0.05, 0.1) is 16.6 Å². The molecule has 1 spiro atoms. The Morgan fingerprint density at radius 1 is 1.41 bits per heavy atom. The topological polar surface area (TPSA) is 54.1 Å². The van der Waals surface area contributed by atoms with Crippen molar-refractivity contribution in [2.75, 3.05) is 7.05 Å². The minimum Gasteiger partial charge on any atom is -0.445 e. The van der Waals surface area contributed by atoms with Gasteiger partial charge in [0.2, 0.25) is 0 Å². The predicted octanol–water partition coefficient (Wildman–Crippen LogP) is 3.32. The molecule has 0 saturated heterocycles. The summed E-state index contributed by atoms with van der Waals surface area (Å²) in [5, 5.41) is 5.42. The summed E-state index contributed by atoms with van der Waals surface area (Å²) in [7, 11) is 1.86. The fourth-order valence-electron chi connectivity index (χ4n) is 3.63. The van der Waals surface area contributed by atoms with Gasteiger partial charge in [-0.1, -0.05) is 29.3 Å². The lowest BCUT2D eigenvalue weighted by Gasteiger charge is -2.39. The number of ether oxygens (including phenoxy) is 1. The van der Waals surface area contributed by atoms with E-state index in [-0.39, 0.29) is 12.0 Å². The average molecular weight is 337 g/mol. The van der Waals surface area contributed by atoms with Gasteiger partial charge in [-0.25, -0.2) is 4.79 Å². The lowest BCUT2D eigenvalue weighted by Crippen LogP contribution is -2.50. The number of rotatable bonds is 1. The third kappa shape index (κ3) is 1.60. The second-order valence-corrected chi connectivity index (χ2v) is 6.60. The number of carbonyl (C=O) groups excluding carboxylic acids is 1. The SMILES string of the molecule is CNC1Cc2c(Cl)[nH]c3c(Cl)ccc(c23)C12C=C(C)C(=O)O2. The highest BCUT2D eigenvalue weighted by Crippen LogP contribution is 2.49. The van der Waals surface area contributed by atoms with Gasteiger partial charge in [-0.2, -0.15) is 0 Å². The molecule has 1 aliphatic heterocycles. The minimum atomic E-state index is -0.808. The number of fused-ring (bicyclic) bond motifs is 1. The van der Waals surface area contributed by atoms with Gasteiger partial charge in [0.1, 0.15) is 5.15 Å². The summed E-state index contributed by atoms with van der Waals surface area (Å²) in [6.45, 7) is 1.77. The van der Waals surface area contributed by atoms with Crippen molar-refractivity contribution < 1.29 is 9.53 Å². The van der Waals surface area contributed by atoms with E-state index in [0.29, 0.717) is 22.2 Å². The molecule has 22 heavy (non-hydrogen) atoms. The van der Waals surface area contributed by atoms with Crippen LogP contribution < -0.4 is 5.32 Å². The van der Waals surface area contributed by atoms with Crippen LogP contribution in [0.1, 0.15) is 18.1 Å². The molecule has 0 saturated carbocycles. The highest BCUT2D eigenvalue weighted by molar-refractivity contribution is 6.37. The number of esters is 1. The zero-order valence-corrected chi connectivity index (χ0v) is 13.6. The van der Waals surface area contributed by atoms with Gasteiger partial charge in [0.25, 0.3) is 0 Å². The van der Waals surface area contributed by atoms with Crippen molar-refractivity contribution in [3.05, 3.63) is 45.1 Å². The normalized spacial score (nSPS) is 26.6. The first kappa shape index (κ1) is 14.1. The summed E-state index contributed by atoms with van der Waals surface area (Å²) in [4.78, 5) is 15.2. The van der Waals surface area contributed by atoms with Crippen LogP contribution >= 0.6 is 23.2 Å². The Hall–Kier alpha value is -1.49. The fourth-order valence-corrected chi connectivity index (χ4v) is 4.10. The first-order valence-corrected chi connectivity index (χ1v) is 7.82. The molecule has 2 aromatic rings. The molecule has 114 valence electrons. The van der Waals surface area contributed by atoms with Crippen molar-refractivity contribution in [3.8, 4) is 0 Å². The Morgan fingerprint density at radius 3 is 2.82 bits per heavy atom. The van der Waals surface area contributed by atoms with Crippen LogP contribution in [0.15, 0.2) is 23.8 Å². The van der Waals surface area contributed by atoms with E-state index in [0.717, 1.165) is 22.0 Å². The van der Waals surface area contributed by atoms with E-state index < -0.39 is 5.60 Å². The van der Waals surface area contributed by atoms with Crippen LogP contribution in [0.2, 0.25) is 10.2 Å². The number of hydrogen-bond donors (Lipinski definition) is 2. The molecule has 0 fully saturated rings. The summed E-state index contributed by atoms with van der Waals surface area (Å²) in [5.74, 6) is -0.284. The van der Waals surface area contributed by atoms with E-state index in [1.54, 1.807) is 6.92 Å². The van der Waals surface area contributed by atoms with Gasteiger partial charge in [0.15, 0.2) is 5.60 Å². The molecule has 2 aliphatic rings. The summed E-state index contributed by atoms with van der Waals surface area (Å²) >= 11 is 12.6. The summed E-state index contributed by atoms with van der Waals surface area (Å²) < 4.78 is 5.81. The number of hydrogen-bond acceptors (Lipinski definition) is 3. The molecule has 6 heteroatoms. The third-order valence-electron chi connectivity index (χ3n) is 4.67. The van der Waals surface area contributed by atoms with Crippen LogP contribution in [-0.2, 0) is 21.6 Å². The molecular weight excluding hydrogens is 323 g/mol. The van der Waals surface area contributed by atoms with E-state index >= 15 is 0 Å². The Balaban J connectivity index is 2.10. The lowest BCUT2D eigenvalue weighted by molar-refractivity contribution is -0.149. The number of nitrogens with one attached hydrogen (secondary N) is 2. The van der Waals surface area contributed by atoms with Crippen LogP contribution in [0.4, 0.5) is 0 Å². The molecular formula is C16H14Cl2N2O2. The van der Waals surface area contributed by atoms with Crippen molar-refractivity contribution in [1.29, 1.82) is 0 Å². The number of H-pyrrole nitrogens is 1. The molecule has 0 bridgehead atoms. The van der Waals surface area contributed by atoms with Gasteiger partial charge in [0, 0.05) is 16.5 Å². The molecule has 2 atom stereocenters. The molecule has 1 aromatic carbocycles. The van der Waals surface area contributed by atoms with Crippen molar-refractivity contribution in [3.63, 3.8) is 0 Å². The average Bonchev–Trinajstić information content (AvgIpc) is 2.96. The van der Waals surface area contributed by atoms with E-state index in [9.17, 15) is 4.79 Å². The quantitative estimate of drug-likeness (QED) is 0.785. The minimum absolute atomic E-state index is 0.0842. The summed E-state index contributed by atoms with van der Waals surface area (Å²) in [6, 6.07) is 3.65. The van der Waals surface area contributed by atoms with E-state index in [1.807, 2.05) is 25.3 Å². The standard InChI is InChI=1S/C16H14Cl2N2O2/c1-7-6-16(22-15(7)21)9-3-4-10(17)13-12(9)8(14(18)20-13)5-11(16)19-2/h3-4,6,11,19-20H,5H2,1-2H3. The first-order valence-electron chi connectivity index (χ1n) is 7.07. The smallest absolute Gasteiger partial charge is 0.334 e. The summed E-state index contributed by atoms with van der Waals surface area (Å²) in [5.41, 5.74) is 2.53. The maximum Gasteiger partial charge on any atom is 0.334 e.